The predicted octanol–water partition coefficient (Wildman–Crippen LogP) is 1.66. The maximum atomic E-state index is 11.6. The van der Waals surface area contributed by atoms with Crippen LogP contribution >= 0.6 is 0 Å². The molecule has 0 aliphatic heterocycles. The molecule has 0 aromatic heterocycles. The highest BCUT2D eigenvalue weighted by Gasteiger charge is 2.12. The number of unbranched alkanes of at least 4 members (excludes halogenated alkanes) is 1. The summed E-state index contributed by atoms with van der Waals surface area (Å²) in [5.41, 5.74) is 0.170. The van der Waals surface area contributed by atoms with Gasteiger partial charge in [-0.15, -0.1) is 0 Å². The van der Waals surface area contributed by atoms with Gasteiger partial charge in [0.2, 0.25) is 0 Å². The molecule has 1 rings (SSSR count). The molecule has 7 heteroatoms. The van der Waals surface area contributed by atoms with E-state index in [4.69, 9.17) is 9.84 Å². The first-order valence-corrected chi connectivity index (χ1v) is 6.69. The van der Waals surface area contributed by atoms with Gasteiger partial charge in [0.25, 0.3) is 5.69 Å². The number of carbonyl (C=O) groups excluding carboxylic acids is 1. The molecule has 0 aliphatic carbocycles. The average molecular weight is 297 g/mol. The second-order valence-corrected chi connectivity index (χ2v) is 4.74. The summed E-state index contributed by atoms with van der Waals surface area (Å²) in [5, 5.41) is 28.9. The molecule has 0 fully saturated rings. The predicted molar refractivity (Wildman–Crippen MR) is 74.9 cm³/mol. The van der Waals surface area contributed by atoms with Crippen LogP contribution in [-0.4, -0.2) is 39.9 Å². The van der Waals surface area contributed by atoms with Gasteiger partial charge in [0.1, 0.15) is 0 Å². The minimum atomic E-state index is -0.771. The number of nitro groups is 1. The van der Waals surface area contributed by atoms with Gasteiger partial charge in [0.05, 0.1) is 29.3 Å². The molecule has 2 N–H and O–H groups in total. The van der Waals surface area contributed by atoms with Gasteiger partial charge in [-0.1, -0.05) is 0 Å². The van der Waals surface area contributed by atoms with Crippen LogP contribution in [0.4, 0.5) is 5.69 Å². The van der Waals surface area contributed by atoms with Gasteiger partial charge in [0, 0.05) is 12.1 Å². The Morgan fingerprint density at radius 1 is 1.29 bits per heavy atom. The number of nitro benzene ring substituents is 1. The van der Waals surface area contributed by atoms with E-state index in [1.54, 1.807) is 0 Å². The zero-order valence-corrected chi connectivity index (χ0v) is 11.8. The summed E-state index contributed by atoms with van der Waals surface area (Å²) in [6.45, 7) is 1.71. The van der Waals surface area contributed by atoms with Crippen LogP contribution in [-0.2, 0) is 4.74 Å². The van der Waals surface area contributed by atoms with Gasteiger partial charge in [-0.3, -0.25) is 10.1 Å². The lowest BCUT2D eigenvalue weighted by Crippen LogP contribution is -2.22. The normalized spacial score (nSPS) is 13.5. The van der Waals surface area contributed by atoms with Crippen LogP contribution in [0.3, 0.4) is 0 Å². The summed E-state index contributed by atoms with van der Waals surface area (Å²) < 4.78 is 5.02. The summed E-state index contributed by atoms with van der Waals surface area (Å²) in [4.78, 5) is 21.6. The zero-order chi connectivity index (χ0) is 15.8. The van der Waals surface area contributed by atoms with Crippen molar-refractivity contribution >= 4 is 11.7 Å². The molecule has 0 bridgehead atoms. The molecule has 0 saturated carbocycles. The standard InChI is InChI=1S/C14H19NO6/c1-10(16)13(17)4-2-3-9-21-14(18)11-5-7-12(8-6-11)15(19)20/h5-8,10,13,16-17H,2-4,9H2,1H3/t10-,13-/m0/s1. The summed E-state index contributed by atoms with van der Waals surface area (Å²) in [6, 6.07) is 5.18. The van der Waals surface area contributed by atoms with Crippen LogP contribution < -0.4 is 0 Å². The molecule has 0 saturated heterocycles. The van der Waals surface area contributed by atoms with Crippen LogP contribution in [0.1, 0.15) is 36.5 Å². The number of ether oxygens (including phenoxy) is 1. The fraction of sp³-hybridized carbons (Fsp3) is 0.500. The molecule has 21 heavy (non-hydrogen) atoms. The van der Waals surface area contributed by atoms with E-state index in [1.807, 2.05) is 0 Å². The van der Waals surface area contributed by atoms with Crippen LogP contribution in [0.5, 0.6) is 0 Å². The molecule has 1 aromatic rings. The van der Waals surface area contributed by atoms with Crippen molar-refractivity contribution in [2.75, 3.05) is 6.61 Å². The van der Waals surface area contributed by atoms with Crippen LogP contribution in [0.2, 0.25) is 0 Å². The highest BCUT2D eigenvalue weighted by atomic mass is 16.6. The maximum absolute atomic E-state index is 11.6. The zero-order valence-electron chi connectivity index (χ0n) is 11.8. The first-order chi connectivity index (χ1) is 9.91. The summed E-state index contributed by atoms with van der Waals surface area (Å²) >= 11 is 0. The molecule has 7 nitrogen and oxygen atoms in total. The number of non-ortho nitro benzene ring substituents is 1. The number of aliphatic hydroxyl groups excluding tert-OH is 2. The van der Waals surface area contributed by atoms with E-state index in [9.17, 15) is 20.0 Å². The van der Waals surface area contributed by atoms with Gasteiger partial charge in [0.15, 0.2) is 0 Å². The fourth-order valence-corrected chi connectivity index (χ4v) is 1.66. The van der Waals surface area contributed by atoms with Crippen LogP contribution in [0, 0.1) is 10.1 Å². The number of aliphatic hydroxyl groups is 2. The van der Waals surface area contributed by atoms with Gasteiger partial charge in [-0.2, -0.15) is 0 Å². The molecule has 0 amide bonds. The van der Waals surface area contributed by atoms with Crippen molar-refractivity contribution in [3.8, 4) is 0 Å². The van der Waals surface area contributed by atoms with Gasteiger partial charge >= 0.3 is 5.97 Å². The number of hydrogen-bond donors (Lipinski definition) is 2. The molecule has 0 spiro atoms. The third-order valence-corrected chi connectivity index (χ3v) is 3.00. The second kappa shape index (κ2) is 8.33. The van der Waals surface area contributed by atoms with E-state index < -0.39 is 23.1 Å². The molecular formula is C14H19NO6. The van der Waals surface area contributed by atoms with Crippen molar-refractivity contribution in [3.63, 3.8) is 0 Å². The maximum Gasteiger partial charge on any atom is 0.338 e. The van der Waals surface area contributed by atoms with Crippen molar-refractivity contribution in [1.82, 2.24) is 0 Å². The van der Waals surface area contributed by atoms with E-state index in [0.717, 1.165) is 0 Å². The average Bonchev–Trinajstić information content (AvgIpc) is 2.46. The van der Waals surface area contributed by atoms with E-state index in [-0.39, 0.29) is 17.9 Å². The molecule has 116 valence electrons. The van der Waals surface area contributed by atoms with Gasteiger partial charge in [-0.25, -0.2) is 4.79 Å². The molecule has 0 radical (unpaired) electrons. The lowest BCUT2D eigenvalue weighted by atomic mass is 10.1. The summed E-state index contributed by atoms with van der Waals surface area (Å²) in [5.74, 6) is -0.541. The third-order valence-electron chi connectivity index (χ3n) is 3.00. The highest BCUT2D eigenvalue weighted by molar-refractivity contribution is 5.89. The Morgan fingerprint density at radius 2 is 1.90 bits per heavy atom. The number of benzene rings is 1. The largest absolute Gasteiger partial charge is 0.462 e. The number of rotatable bonds is 8. The monoisotopic (exact) mass is 297 g/mol. The summed E-state index contributed by atoms with van der Waals surface area (Å²) in [6.07, 6.45) is 0.0949. The molecule has 1 aromatic carbocycles. The van der Waals surface area contributed by atoms with Crippen molar-refractivity contribution in [2.24, 2.45) is 0 Å². The minimum absolute atomic E-state index is 0.0846. The molecule has 0 heterocycles. The second-order valence-electron chi connectivity index (χ2n) is 4.74. The Bertz CT molecular complexity index is 471. The SMILES string of the molecule is C[C@H](O)[C@@H](O)CCCCOC(=O)c1ccc([N+](=O)[O-])cc1. The van der Waals surface area contributed by atoms with Crippen molar-refractivity contribution in [2.45, 2.75) is 38.4 Å². The van der Waals surface area contributed by atoms with Gasteiger partial charge in [-0.05, 0) is 38.3 Å². The number of nitrogens with zero attached hydrogens (tertiary/aromatic N) is 1. The number of carbonyl (C=O) groups is 1. The first kappa shape index (κ1) is 17.1. The minimum Gasteiger partial charge on any atom is -0.462 e. The van der Waals surface area contributed by atoms with Crippen LogP contribution in [0.15, 0.2) is 24.3 Å². The molecule has 2 atom stereocenters. The lowest BCUT2D eigenvalue weighted by Gasteiger charge is -2.12. The first-order valence-electron chi connectivity index (χ1n) is 6.69. The topological polar surface area (TPSA) is 110 Å². The smallest absolute Gasteiger partial charge is 0.338 e. The molecular weight excluding hydrogens is 278 g/mol. The Balaban J connectivity index is 2.29. The lowest BCUT2D eigenvalue weighted by molar-refractivity contribution is -0.384. The fourth-order valence-electron chi connectivity index (χ4n) is 1.66. The quantitative estimate of drug-likeness (QED) is 0.327. The van der Waals surface area contributed by atoms with Gasteiger partial charge < -0.3 is 14.9 Å². The molecule has 0 unspecified atom stereocenters. The molecule has 0 aliphatic rings. The Hall–Kier alpha value is -1.99. The van der Waals surface area contributed by atoms with Crippen molar-refractivity contribution in [1.29, 1.82) is 0 Å². The van der Waals surface area contributed by atoms with E-state index in [2.05, 4.69) is 0 Å². The van der Waals surface area contributed by atoms with E-state index >= 15 is 0 Å². The van der Waals surface area contributed by atoms with E-state index in [0.29, 0.717) is 19.3 Å². The number of esters is 1. The van der Waals surface area contributed by atoms with Crippen molar-refractivity contribution in [3.05, 3.63) is 39.9 Å². The summed E-state index contributed by atoms with van der Waals surface area (Å²) in [7, 11) is 0. The highest BCUT2D eigenvalue weighted by Crippen LogP contribution is 2.13. The Labute approximate surface area is 122 Å². The Morgan fingerprint density at radius 3 is 2.43 bits per heavy atom. The van der Waals surface area contributed by atoms with Crippen molar-refractivity contribution < 1.29 is 24.7 Å². The van der Waals surface area contributed by atoms with Crippen LogP contribution in [0.25, 0.3) is 0 Å². The third kappa shape index (κ3) is 5.88. The number of hydrogen-bond acceptors (Lipinski definition) is 6. The van der Waals surface area contributed by atoms with E-state index in [1.165, 1.54) is 31.2 Å². The Kier molecular flexibility index (Phi) is 6.77.